The molecule has 0 unspecified atom stereocenters. The molecule has 0 bridgehead atoms. The van der Waals surface area contributed by atoms with Gasteiger partial charge in [-0.05, 0) is 42.4 Å². The third-order valence-electron chi connectivity index (χ3n) is 5.33. The first kappa shape index (κ1) is 16.9. The number of fused-ring (bicyclic) bond motifs is 1. The first-order chi connectivity index (χ1) is 12.6. The number of aryl methyl sites for hydroxylation is 1. The fraction of sp³-hybridized carbons (Fsp3) is 0.500. The fourth-order valence-electron chi connectivity index (χ4n) is 3.96. The number of nitrogens with one attached hydrogen (secondary N) is 1. The van der Waals surface area contributed by atoms with Crippen LogP contribution in [-0.4, -0.2) is 40.7 Å². The van der Waals surface area contributed by atoms with Crippen molar-refractivity contribution in [2.24, 2.45) is 5.41 Å². The number of H-pyrrole nitrogens is 1. The Labute approximate surface area is 153 Å². The standard InChI is InChI=1S/C20H25N3O3/c1-20(12-15-4-5-16-17(11-15)26-14-25-16)7-6-19(24)23(13-20)10-2-3-18-21-8-9-22-18/h4-5,8-9,11H,2-3,6-7,10,12-14H2,1H3,(H,21,22)/t20-/m0/s1. The van der Waals surface area contributed by atoms with Crippen LogP contribution in [-0.2, 0) is 17.6 Å². The van der Waals surface area contributed by atoms with E-state index in [0.717, 1.165) is 56.1 Å². The molecule has 0 spiro atoms. The molecule has 1 fully saturated rings. The fourth-order valence-corrected chi connectivity index (χ4v) is 3.96. The van der Waals surface area contributed by atoms with Crippen molar-refractivity contribution in [1.29, 1.82) is 0 Å². The van der Waals surface area contributed by atoms with E-state index in [1.165, 1.54) is 5.56 Å². The molecule has 3 heterocycles. The molecule has 6 heteroatoms. The van der Waals surface area contributed by atoms with Crippen LogP contribution in [0.5, 0.6) is 11.5 Å². The predicted octanol–water partition coefficient (Wildman–Crippen LogP) is 2.94. The van der Waals surface area contributed by atoms with Crippen LogP contribution in [0.3, 0.4) is 0 Å². The molecule has 138 valence electrons. The number of aromatic amines is 1. The number of hydrogen-bond acceptors (Lipinski definition) is 4. The van der Waals surface area contributed by atoms with Crippen LogP contribution in [0.4, 0.5) is 0 Å². The summed E-state index contributed by atoms with van der Waals surface area (Å²) in [5.41, 5.74) is 1.33. The van der Waals surface area contributed by atoms with E-state index in [4.69, 9.17) is 9.47 Å². The number of likely N-dealkylation sites (tertiary alicyclic amines) is 1. The number of hydrogen-bond donors (Lipinski definition) is 1. The summed E-state index contributed by atoms with van der Waals surface area (Å²) in [5, 5.41) is 0. The predicted molar refractivity (Wildman–Crippen MR) is 97.1 cm³/mol. The average molecular weight is 355 g/mol. The first-order valence-corrected chi connectivity index (χ1v) is 9.26. The Morgan fingerprint density at radius 1 is 1.31 bits per heavy atom. The first-order valence-electron chi connectivity index (χ1n) is 9.26. The second-order valence-corrected chi connectivity index (χ2v) is 7.63. The number of piperidine rings is 1. The van der Waals surface area contributed by atoms with Gasteiger partial charge in [0.2, 0.25) is 12.7 Å². The summed E-state index contributed by atoms with van der Waals surface area (Å²) >= 11 is 0. The van der Waals surface area contributed by atoms with Crippen molar-refractivity contribution >= 4 is 5.91 Å². The lowest BCUT2D eigenvalue weighted by molar-refractivity contribution is -0.137. The average Bonchev–Trinajstić information content (AvgIpc) is 3.29. The van der Waals surface area contributed by atoms with E-state index in [2.05, 4.69) is 29.0 Å². The van der Waals surface area contributed by atoms with E-state index in [-0.39, 0.29) is 11.3 Å². The maximum atomic E-state index is 12.3. The van der Waals surface area contributed by atoms with Gasteiger partial charge in [-0.3, -0.25) is 4.79 Å². The third-order valence-corrected chi connectivity index (χ3v) is 5.33. The van der Waals surface area contributed by atoms with Gasteiger partial charge in [-0.25, -0.2) is 4.98 Å². The van der Waals surface area contributed by atoms with Gasteiger partial charge in [0.05, 0.1) is 0 Å². The summed E-state index contributed by atoms with van der Waals surface area (Å²) < 4.78 is 10.9. The zero-order valence-electron chi connectivity index (χ0n) is 15.2. The molecule has 1 aromatic carbocycles. The molecule has 1 saturated heterocycles. The zero-order chi connectivity index (χ0) is 18.0. The third kappa shape index (κ3) is 3.69. The van der Waals surface area contributed by atoms with E-state index in [9.17, 15) is 4.79 Å². The molecule has 0 radical (unpaired) electrons. The molecule has 2 aliphatic rings. The molecular weight excluding hydrogens is 330 g/mol. The summed E-state index contributed by atoms with van der Waals surface area (Å²) in [6.45, 7) is 4.17. The second kappa shape index (κ2) is 7.02. The summed E-state index contributed by atoms with van der Waals surface area (Å²) in [6, 6.07) is 6.16. The highest BCUT2D eigenvalue weighted by molar-refractivity contribution is 5.77. The molecule has 0 aliphatic carbocycles. The minimum Gasteiger partial charge on any atom is -0.454 e. The lowest BCUT2D eigenvalue weighted by atomic mass is 9.76. The van der Waals surface area contributed by atoms with E-state index < -0.39 is 0 Å². The Hall–Kier alpha value is -2.50. The van der Waals surface area contributed by atoms with Crippen molar-refractivity contribution < 1.29 is 14.3 Å². The lowest BCUT2D eigenvalue weighted by Gasteiger charge is -2.40. The van der Waals surface area contributed by atoms with Gasteiger partial charge in [0, 0.05) is 38.3 Å². The quantitative estimate of drug-likeness (QED) is 0.865. The number of imidazole rings is 1. The Morgan fingerprint density at radius 2 is 2.19 bits per heavy atom. The van der Waals surface area contributed by atoms with Gasteiger partial charge < -0.3 is 19.4 Å². The molecular formula is C20H25N3O3. The molecule has 6 nitrogen and oxygen atoms in total. The number of carbonyl (C=O) groups excluding carboxylic acids is 1. The van der Waals surface area contributed by atoms with Gasteiger partial charge in [-0.1, -0.05) is 13.0 Å². The highest BCUT2D eigenvalue weighted by Gasteiger charge is 2.35. The van der Waals surface area contributed by atoms with E-state index >= 15 is 0 Å². The van der Waals surface area contributed by atoms with Crippen molar-refractivity contribution in [3.63, 3.8) is 0 Å². The Morgan fingerprint density at radius 3 is 3.04 bits per heavy atom. The van der Waals surface area contributed by atoms with Crippen LogP contribution < -0.4 is 9.47 Å². The normalized spacial score (nSPS) is 22.0. The van der Waals surface area contributed by atoms with E-state index in [1.807, 2.05) is 17.2 Å². The summed E-state index contributed by atoms with van der Waals surface area (Å²) in [4.78, 5) is 21.7. The molecule has 26 heavy (non-hydrogen) atoms. The highest BCUT2D eigenvalue weighted by atomic mass is 16.7. The molecule has 1 amide bonds. The number of ether oxygens (including phenoxy) is 2. The molecule has 4 rings (SSSR count). The number of carbonyl (C=O) groups is 1. The molecule has 1 N–H and O–H groups in total. The Kier molecular flexibility index (Phi) is 4.57. The SMILES string of the molecule is C[C@@]1(Cc2ccc3c(c2)OCO3)CCC(=O)N(CCCc2ncc[nH]2)C1. The summed E-state index contributed by atoms with van der Waals surface area (Å²) in [6.07, 6.45) is 7.89. The molecule has 1 aromatic heterocycles. The molecule has 0 saturated carbocycles. The van der Waals surface area contributed by atoms with Gasteiger partial charge in [-0.2, -0.15) is 0 Å². The van der Waals surface area contributed by atoms with Crippen LogP contribution in [0.2, 0.25) is 0 Å². The minimum absolute atomic E-state index is 0.0896. The van der Waals surface area contributed by atoms with Crippen LogP contribution >= 0.6 is 0 Å². The monoisotopic (exact) mass is 355 g/mol. The largest absolute Gasteiger partial charge is 0.454 e. The van der Waals surface area contributed by atoms with Crippen LogP contribution in [0.25, 0.3) is 0 Å². The number of rotatable bonds is 6. The van der Waals surface area contributed by atoms with Gasteiger partial charge >= 0.3 is 0 Å². The van der Waals surface area contributed by atoms with Crippen LogP contribution in [0, 0.1) is 5.41 Å². The molecule has 2 aromatic rings. The van der Waals surface area contributed by atoms with Crippen molar-refractivity contribution in [3.05, 3.63) is 42.0 Å². The molecule has 1 atom stereocenters. The van der Waals surface area contributed by atoms with Gasteiger partial charge in [0.25, 0.3) is 0 Å². The zero-order valence-corrected chi connectivity index (χ0v) is 15.2. The Balaban J connectivity index is 1.37. The second-order valence-electron chi connectivity index (χ2n) is 7.63. The topological polar surface area (TPSA) is 67.5 Å². The molecule has 2 aliphatic heterocycles. The number of benzene rings is 1. The van der Waals surface area contributed by atoms with E-state index in [0.29, 0.717) is 13.2 Å². The summed E-state index contributed by atoms with van der Waals surface area (Å²) in [7, 11) is 0. The van der Waals surface area contributed by atoms with Gasteiger partial charge in [0.15, 0.2) is 11.5 Å². The number of aromatic nitrogens is 2. The van der Waals surface area contributed by atoms with Crippen molar-refractivity contribution in [1.82, 2.24) is 14.9 Å². The van der Waals surface area contributed by atoms with Crippen LogP contribution in [0.15, 0.2) is 30.6 Å². The highest BCUT2D eigenvalue weighted by Crippen LogP contribution is 2.37. The smallest absolute Gasteiger partial charge is 0.231 e. The van der Waals surface area contributed by atoms with Gasteiger partial charge in [-0.15, -0.1) is 0 Å². The number of amides is 1. The van der Waals surface area contributed by atoms with Crippen LogP contribution in [0.1, 0.15) is 37.6 Å². The summed E-state index contributed by atoms with van der Waals surface area (Å²) in [5.74, 6) is 2.90. The van der Waals surface area contributed by atoms with E-state index in [1.54, 1.807) is 6.20 Å². The lowest BCUT2D eigenvalue weighted by Crippen LogP contribution is -2.46. The Bertz CT molecular complexity index is 775. The number of nitrogens with zero attached hydrogens (tertiary/aromatic N) is 2. The van der Waals surface area contributed by atoms with Crippen molar-refractivity contribution in [3.8, 4) is 11.5 Å². The van der Waals surface area contributed by atoms with Crippen molar-refractivity contribution in [2.75, 3.05) is 19.9 Å². The maximum Gasteiger partial charge on any atom is 0.231 e. The van der Waals surface area contributed by atoms with Crippen molar-refractivity contribution in [2.45, 2.75) is 39.0 Å². The minimum atomic E-state index is 0.0896. The maximum absolute atomic E-state index is 12.3. The van der Waals surface area contributed by atoms with Gasteiger partial charge in [0.1, 0.15) is 5.82 Å².